The van der Waals surface area contributed by atoms with Crippen LogP contribution in [0.5, 0.6) is 5.88 Å². The summed E-state index contributed by atoms with van der Waals surface area (Å²) in [5.74, 6) is -0.545. The Kier molecular flexibility index (Phi) is 3.26. The molecular weight excluding hydrogens is 308 g/mol. The van der Waals surface area contributed by atoms with E-state index in [1.54, 1.807) is 10.6 Å². The zero-order valence-corrected chi connectivity index (χ0v) is 12.0. The van der Waals surface area contributed by atoms with Crippen LogP contribution in [0.15, 0.2) is 29.1 Å². The van der Waals surface area contributed by atoms with Gasteiger partial charge in [0.25, 0.3) is 0 Å². The number of nitrogens with zero attached hydrogens (tertiary/aromatic N) is 3. The molecule has 23 heavy (non-hydrogen) atoms. The molecule has 1 aromatic carbocycles. The van der Waals surface area contributed by atoms with Gasteiger partial charge in [-0.3, -0.25) is 4.57 Å². The molecule has 0 radical (unpaired) electrons. The third-order valence-corrected chi connectivity index (χ3v) is 3.94. The molecule has 2 aromatic rings. The van der Waals surface area contributed by atoms with E-state index in [0.29, 0.717) is 31.3 Å². The molecule has 1 fully saturated rings. The van der Waals surface area contributed by atoms with Gasteiger partial charge in [0.05, 0.1) is 19.2 Å². The Labute approximate surface area is 129 Å². The average molecular weight is 321 g/mol. The summed E-state index contributed by atoms with van der Waals surface area (Å²) >= 11 is 0. The van der Waals surface area contributed by atoms with Crippen LogP contribution in [0.3, 0.4) is 0 Å². The molecule has 1 atom stereocenters. The van der Waals surface area contributed by atoms with Crippen molar-refractivity contribution in [1.82, 2.24) is 9.55 Å². The van der Waals surface area contributed by atoms with E-state index in [2.05, 4.69) is 4.98 Å². The van der Waals surface area contributed by atoms with Crippen LogP contribution in [0.2, 0.25) is 0 Å². The lowest BCUT2D eigenvalue weighted by Gasteiger charge is -2.15. The number of halogens is 2. The van der Waals surface area contributed by atoms with Crippen molar-refractivity contribution in [3.8, 4) is 5.88 Å². The second-order valence-corrected chi connectivity index (χ2v) is 5.54. The largest absolute Gasteiger partial charge is 0.473 e. The maximum absolute atomic E-state index is 13.2. The van der Waals surface area contributed by atoms with Gasteiger partial charge in [-0.15, -0.1) is 0 Å². The van der Waals surface area contributed by atoms with E-state index >= 15 is 0 Å². The highest BCUT2D eigenvalue weighted by atomic mass is 19.1. The summed E-state index contributed by atoms with van der Waals surface area (Å²) in [6, 6.07) is 4.92. The van der Waals surface area contributed by atoms with Crippen LogP contribution in [-0.4, -0.2) is 28.9 Å². The van der Waals surface area contributed by atoms with E-state index in [1.165, 1.54) is 12.1 Å². The van der Waals surface area contributed by atoms with Crippen LogP contribution < -0.4 is 15.3 Å². The van der Waals surface area contributed by atoms with E-state index in [-0.39, 0.29) is 18.5 Å². The van der Waals surface area contributed by atoms with Gasteiger partial charge in [0.15, 0.2) is 0 Å². The second-order valence-electron chi connectivity index (χ2n) is 5.54. The van der Waals surface area contributed by atoms with Gasteiger partial charge < -0.3 is 14.4 Å². The van der Waals surface area contributed by atoms with Gasteiger partial charge in [-0.1, -0.05) is 0 Å². The number of hydrogen-bond donors (Lipinski definition) is 0. The molecule has 0 saturated carbocycles. The molecule has 1 aromatic heterocycles. The second kappa shape index (κ2) is 5.31. The summed E-state index contributed by atoms with van der Waals surface area (Å²) < 4.78 is 38.7. The zero-order chi connectivity index (χ0) is 16.0. The van der Waals surface area contributed by atoms with Crippen molar-refractivity contribution >= 4 is 5.82 Å². The van der Waals surface area contributed by atoms with Crippen LogP contribution in [0.1, 0.15) is 5.56 Å². The zero-order valence-electron chi connectivity index (χ0n) is 12.0. The van der Waals surface area contributed by atoms with Crippen LogP contribution in [0, 0.1) is 11.6 Å². The predicted octanol–water partition coefficient (Wildman–Crippen LogP) is 1.28. The number of anilines is 1. The van der Waals surface area contributed by atoms with Gasteiger partial charge >= 0.3 is 5.69 Å². The fraction of sp³-hybridized carbons (Fsp3) is 0.333. The first-order valence-electron chi connectivity index (χ1n) is 7.14. The minimum Gasteiger partial charge on any atom is -0.473 e. The number of ether oxygens (including phenoxy) is 2. The molecule has 6 nitrogen and oxygen atoms in total. The van der Waals surface area contributed by atoms with Gasteiger partial charge in [0, 0.05) is 12.1 Å². The lowest BCUT2D eigenvalue weighted by atomic mass is 10.2. The van der Waals surface area contributed by atoms with E-state index < -0.39 is 17.3 Å². The summed E-state index contributed by atoms with van der Waals surface area (Å²) in [5, 5.41) is 0. The van der Waals surface area contributed by atoms with Crippen molar-refractivity contribution in [2.24, 2.45) is 0 Å². The highest BCUT2D eigenvalue weighted by Crippen LogP contribution is 2.29. The quantitative estimate of drug-likeness (QED) is 0.852. The average Bonchev–Trinajstić information content (AvgIpc) is 3.06. The monoisotopic (exact) mass is 321 g/mol. The minimum absolute atomic E-state index is 0.0789. The Hall–Kier alpha value is -2.48. The molecule has 3 heterocycles. The molecule has 0 aliphatic carbocycles. The molecule has 4 rings (SSSR count). The minimum atomic E-state index is -0.678. The van der Waals surface area contributed by atoms with Crippen molar-refractivity contribution in [3.05, 3.63) is 51.9 Å². The molecule has 1 unspecified atom stereocenters. The third-order valence-electron chi connectivity index (χ3n) is 3.94. The smallest absolute Gasteiger partial charge is 0.352 e. The van der Waals surface area contributed by atoms with Crippen LogP contribution in [0.25, 0.3) is 0 Å². The molecule has 2 aliphatic rings. The Balaban J connectivity index is 1.57. The molecule has 0 spiro atoms. The maximum atomic E-state index is 13.2. The first-order chi connectivity index (χ1) is 11.1. The lowest BCUT2D eigenvalue weighted by Crippen LogP contribution is -2.26. The highest BCUT2D eigenvalue weighted by molar-refractivity contribution is 5.47. The number of aromatic nitrogens is 2. The van der Waals surface area contributed by atoms with Crippen LogP contribution >= 0.6 is 0 Å². The number of hydrogen-bond acceptors (Lipinski definition) is 5. The third kappa shape index (κ3) is 2.55. The normalized spacial score (nSPS) is 18.9. The Morgan fingerprint density at radius 1 is 1.26 bits per heavy atom. The number of benzene rings is 1. The van der Waals surface area contributed by atoms with Crippen molar-refractivity contribution < 1.29 is 18.3 Å². The van der Waals surface area contributed by atoms with Crippen molar-refractivity contribution in [2.45, 2.75) is 19.2 Å². The van der Waals surface area contributed by atoms with Crippen LogP contribution in [0.4, 0.5) is 14.6 Å². The Bertz CT molecular complexity index is 804. The van der Waals surface area contributed by atoms with E-state index in [0.717, 1.165) is 6.07 Å². The molecule has 120 valence electrons. The summed E-state index contributed by atoms with van der Waals surface area (Å²) in [5.41, 5.74) is -0.0791. The SMILES string of the molecule is O=c1nc(OCc2cc(F)cc(F)c2)cc2n1CC1COCN21. The van der Waals surface area contributed by atoms with E-state index in [1.807, 2.05) is 4.90 Å². The summed E-state index contributed by atoms with van der Waals surface area (Å²) in [6.45, 7) is 1.45. The number of rotatable bonds is 3. The molecule has 1 saturated heterocycles. The van der Waals surface area contributed by atoms with Gasteiger partial charge in [-0.25, -0.2) is 13.6 Å². The van der Waals surface area contributed by atoms with Gasteiger partial charge in [0.1, 0.15) is 30.8 Å². The van der Waals surface area contributed by atoms with Gasteiger partial charge in [0.2, 0.25) is 5.88 Å². The molecule has 0 N–H and O–H groups in total. The first-order valence-corrected chi connectivity index (χ1v) is 7.14. The van der Waals surface area contributed by atoms with Crippen molar-refractivity contribution in [2.75, 3.05) is 18.2 Å². The van der Waals surface area contributed by atoms with Crippen molar-refractivity contribution in [1.29, 1.82) is 0 Å². The van der Waals surface area contributed by atoms with E-state index in [9.17, 15) is 13.6 Å². The Morgan fingerprint density at radius 2 is 2.04 bits per heavy atom. The molecule has 8 heteroatoms. The lowest BCUT2D eigenvalue weighted by molar-refractivity contribution is 0.189. The standard InChI is InChI=1S/C15H13F2N3O3/c16-10-1-9(2-11(17)3-10)6-23-13-4-14-19(15(21)18-13)5-12-7-22-8-20(12)14/h1-4,12H,5-8H2. The van der Waals surface area contributed by atoms with Crippen LogP contribution in [-0.2, 0) is 17.9 Å². The fourth-order valence-electron chi connectivity index (χ4n) is 2.91. The van der Waals surface area contributed by atoms with E-state index in [4.69, 9.17) is 9.47 Å². The molecular formula is C15H13F2N3O3. The number of fused-ring (bicyclic) bond motifs is 3. The summed E-state index contributed by atoms with van der Waals surface area (Å²) in [4.78, 5) is 17.9. The van der Waals surface area contributed by atoms with Gasteiger partial charge in [-0.2, -0.15) is 4.98 Å². The topological polar surface area (TPSA) is 56.6 Å². The highest BCUT2D eigenvalue weighted by Gasteiger charge is 2.35. The Morgan fingerprint density at radius 3 is 2.83 bits per heavy atom. The molecule has 0 amide bonds. The van der Waals surface area contributed by atoms with Crippen molar-refractivity contribution in [3.63, 3.8) is 0 Å². The van der Waals surface area contributed by atoms with Gasteiger partial charge in [-0.05, 0) is 17.7 Å². The summed E-state index contributed by atoms with van der Waals surface area (Å²) in [6.07, 6.45) is 0. The first kappa shape index (κ1) is 14.1. The fourth-order valence-corrected chi connectivity index (χ4v) is 2.91. The summed E-state index contributed by atoms with van der Waals surface area (Å²) in [7, 11) is 0. The molecule has 0 bridgehead atoms. The molecule has 2 aliphatic heterocycles. The maximum Gasteiger partial charge on any atom is 0.352 e. The predicted molar refractivity (Wildman–Crippen MR) is 76.3 cm³/mol.